The van der Waals surface area contributed by atoms with E-state index in [9.17, 15) is 4.79 Å². The van der Waals surface area contributed by atoms with E-state index in [1.165, 1.54) is 16.7 Å². The first-order valence-electron chi connectivity index (χ1n) is 6.21. The largest absolute Gasteiger partial charge is 0.330 e. The summed E-state index contributed by atoms with van der Waals surface area (Å²) < 4.78 is 0. The molecule has 1 fully saturated rings. The Morgan fingerprint density at radius 2 is 2.12 bits per heavy atom. The van der Waals surface area contributed by atoms with Gasteiger partial charge in [0.15, 0.2) is 0 Å². The zero-order chi connectivity index (χ0) is 12.2. The van der Waals surface area contributed by atoms with Crippen LogP contribution in [0.25, 0.3) is 0 Å². The average Bonchev–Trinajstić information content (AvgIpc) is 2.98. The van der Waals surface area contributed by atoms with Crippen LogP contribution in [-0.4, -0.2) is 12.5 Å². The van der Waals surface area contributed by atoms with Crippen molar-refractivity contribution in [2.45, 2.75) is 38.5 Å². The first-order chi connectivity index (χ1) is 8.07. The Balaban J connectivity index is 2.24. The topological polar surface area (TPSA) is 55.1 Å². The summed E-state index contributed by atoms with van der Waals surface area (Å²) in [6.07, 6.45) is 2.82. The van der Waals surface area contributed by atoms with Gasteiger partial charge in [0.25, 0.3) is 0 Å². The predicted octanol–water partition coefficient (Wildman–Crippen LogP) is 1.79. The van der Waals surface area contributed by atoms with E-state index in [0.717, 1.165) is 24.1 Å². The summed E-state index contributed by atoms with van der Waals surface area (Å²) in [5.41, 5.74) is 12.2. The summed E-state index contributed by atoms with van der Waals surface area (Å²) in [5, 5.41) is 3.02. The van der Waals surface area contributed by atoms with Crippen LogP contribution >= 0.6 is 0 Å². The van der Waals surface area contributed by atoms with Gasteiger partial charge >= 0.3 is 0 Å². The number of carbonyl (C=O) groups excluding carboxylic acids is 1. The monoisotopic (exact) mass is 230 g/mol. The van der Waals surface area contributed by atoms with Crippen molar-refractivity contribution in [3.05, 3.63) is 28.3 Å². The molecule has 0 atom stereocenters. The highest BCUT2D eigenvalue weighted by Gasteiger charge is 2.46. The molecule has 2 aliphatic rings. The third kappa shape index (κ3) is 1.42. The minimum atomic E-state index is 0.110. The van der Waals surface area contributed by atoms with Gasteiger partial charge < -0.3 is 11.1 Å². The second-order valence-corrected chi connectivity index (χ2v) is 5.44. The molecule has 0 spiro atoms. The highest BCUT2D eigenvalue weighted by molar-refractivity contribution is 6.01. The van der Waals surface area contributed by atoms with E-state index in [1.54, 1.807) is 0 Å². The van der Waals surface area contributed by atoms with Gasteiger partial charge in [0, 0.05) is 17.6 Å². The lowest BCUT2D eigenvalue weighted by Gasteiger charge is -2.21. The van der Waals surface area contributed by atoms with E-state index in [-0.39, 0.29) is 11.3 Å². The molecular weight excluding hydrogens is 212 g/mol. The van der Waals surface area contributed by atoms with Crippen LogP contribution in [0.5, 0.6) is 0 Å². The van der Waals surface area contributed by atoms with Crippen molar-refractivity contribution >= 4 is 11.6 Å². The van der Waals surface area contributed by atoms with Crippen LogP contribution in [0.15, 0.2) is 6.07 Å². The van der Waals surface area contributed by atoms with Crippen molar-refractivity contribution < 1.29 is 4.79 Å². The second kappa shape index (κ2) is 3.33. The fourth-order valence-electron chi connectivity index (χ4n) is 3.00. The number of hydrogen-bond acceptors (Lipinski definition) is 2. The predicted molar refractivity (Wildman–Crippen MR) is 68.2 cm³/mol. The number of hydrogen-bond donors (Lipinski definition) is 2. The molecule has 90 valence electrons. The van der Waals surface area contributed by atoms with Crippen molar-refractivity contribution in [2.24, 2.45) is 5.73 Å². The molecule has 3 rings (SSSR count). The molecule has 0 unspecified atom stereocenters. The molecule has 3 N–H and O–H groups in total. The molecule has 3 heteroatoms. The molecule has 1 aliphatic heterocycles. The van der Waals surface area contributed by atoms with Gasteiger partial charge in [-0.2, -0.15) is 0 Å². The SMILES string of the molecule is Cc1cc2c(c(C3(CN)CC3)c1C)NC(=O)C2. The quantitative estimate of drug-likeness (QED) is 0.813. The zero-order valence-corrected chi connectivity index (χ0v) is 10.4. The van der Waals surface area contributed by atoms with Crippen molar-refractivity contribution in [2.75, 3.05) is 11.9 Å². The number of nitrogens with two attached hydrogens (primary N) is 1. The molecule has 1 heterocycles. The van der Waals surface area contributed by atoms with E-state index < -0.39 is 0 Å². The van der Waals surface area contributed by atoms with Crippen molar-refractivity contribution in [3.8, 4) is 0 Å². The summed E-state index contributed by atoms with van der Waals surface area (Å²) in [6.45, 7) is 4.94. The number of nitrogens with one attached hydrogen (secondary N) is 1. The van der Waals surface area contributed by atoms with Gasteiger partial charge in [0.2, 0.25) is 5.91 Å². The highest BCUT2D eigenvalue weighted by Crippen LogP contribution is 2.53. The standard InChI is InChI=1S/C14H18N2O/c1-8-5-10-6-11(17)16-13(10)12(9(8)2)14(7-15)3-4-14/h5H,3-4,6-7,15H2,1-2H3,(H,16,17). The second-order valence-electron chi connectivity index (χ2n) is 5.44. The fraction of sp³-hybridized carbons (Fsp3) is 0.500. The zero-order valence-electron chi connectivity index (χ0n) is 10.4. The Morgan fingerprint density at radius 3 is 2.71 bits per heavy atom. The Kier molecular flexibility index (Phi) is 2.11. The number of benzene rings is 1. The lowest BCUT2D eigenvalue weighted by Crippen LogP contribution is -2.22. The maximum absolute atomic E-state index is 11.6. The lowest BCUT2D eigenvalue weighted by molar-refractivity contribution is -0.115. The Bertz CT molecular complexity index is 515. The summed E-state index contributed by atoms with van der Waals surface area (Å²) in [6, 6.07) is 2.14. The summed E-state index contributed by atoms with van der Waals surface area (Å²) in [5.74, 6) is 0.110. The van der Waals surface area contributed by atoms with Crippen molar-refractivity contribution in [3.63, 3.8) is 0 Å². The van der Waals surface area contributed by atoms with E-state index in [2.05, 4.69) is 25.2 Å². The minimum Gasteiger partial charge on any atom is -0.330 e. The average molecular weight is 230 g/mol. The Labute approximate surface area is 101 Å². The van der Waals surface area contributed by atoms with Crippen LogP contribution in [0.4, 0.5) is 5.69 Å². The molecule has 17 heavy (non-hydrogen) atoms. The van der Waals surface area contributed by atoms with E-state index >= 15 is 0 Å². The normalized spacial score (nSPS) is 20.1. The summed E-state index contributed by atoms with van der Waals surface area (Å²) in [4.78, 5) is 11.6. The van der Waals surface area contributed by atoms with Gasteiger partial charge in [-0.15, -0.1) is 0 Å². The molecule has 1 amide bonds. The third-order valence-electron chi connectivity index (χ3n) is 4.32. The van der Waals surface area contributed by atoms with E-state index in [0.29, 0.717) is 13.0 Å². The van der Waals surface area contributed by atoms with Crippen LogP contribution in [0.2, 0.25) is 0 Å². The first kappa shape index (κ1) is 10.8. The number of carbonyl (C=O) groups is 1. The maximum atomic E-state index is 11.6. The summed E-state index contributed by atoms with van der Waals surface area (Å²) in [7, 11) is 0. The fourth-order valence-corrected chi connectivity index (χ4v) is 3.00. The molecule has 3 nitrogen and oxygen atoms in total. The molecule has 1 saturated carbocycles. The van der Waals surface area contributed by atoms with Crippen LogP contribution < -0.4 is 11.1 Å². The van der Waals surface area contributed by atoms with Crippen molar-refractivity contribution in [1.29, 1.82) is 0 Å². The lowest BCUT2D eigenvalue weighted by atomic mass is 9.86. The smallest absolute Gasteiger partial charge is 0.228 e. The molecule has 0 aromatic heterocycles. The first-order valence-corrected chi connectivity index (χ1v) is 6.21. The van der Waals surface area contributed by atoms with E-state index in [4.69, 9.17) is 5.73 Å². The van der Waals surface area contributed by atoms with Crippen molar-refractivity contribution in [1.82, 2.24) is 0 Å². The number of anilines is 1. The van der Waals surface area contributed by atoms with Crippen LogP contribution in [-0.2, 0) is 16.6 Å². The number of amides is 1. The van der Waals surface area contributed by atoms with Gasteiger partial charge in [-0.05, 0) is 48.9 Å². The molecule has 0 radical (unpaired) electrons. The Morgan fingerprint density at radius 1 is 1.41 bits per heavy atom. The molecule has 0 bridgehead atoms. The number of aryl methyl sites for hydroxylation is 1. The number of fused-ring (bicyclic) bond motifs is 1. The minimum absolute atomic E-state index is 0.110. The van der Waals surface area contributed by atoms with Gasteiger partial charge in [-0.25, -0.2) is 0 Å². The number of rotatable bonds is 2. The van der Waals surface area contributed by atoms with Gasteiger partial charge in [0.1, 0.15) is 0 Å². The van der Waals surface area contributed by atoms with Gasteiger partial charge in [-0.1, -0.05) is 6.07 Å². The third-order valence-corrected chi connectivity index (χ3v) is 4.32. The molecule has 1 aliphatic carbocycles. The summed E-state index contributed by atoms with van der Waals surface area (Å²) >= 11 is 0. The highest BCUT2D eigenvalue weighted by atomic mass is 16.1. The van der Waals surface area contributed by atoms with Gasteiger partial charge in [0.05, 0.1) is 6.42 Å². The molecule has 1 aromatic rings. The van der Waals surface area contributed by atoms with Crippen LogP contribution in [0.1, 0.15) is 35.1 Å². The molecule has 0 saturated heterocycles. The Hall–Kier alpha value is -1.35. The van der Waals surface area contributed by atoms with Crippen LogP contribution in [0, 0.1) is 13.8 Å². The maximum Gasteiger partial charge on any atom is 0.228 e. The molecular formula is C14H18N2O. The van der Waals surface area contributed by atoms with E-state index in [1.807, 2.05) is 0 Å². The molecule has 1 aromatic carbocycles. The van der Waals surface area contributed by atoms with Crippen LogP contribution in [0.3, 0.4) is 0 Å². The van der Waals surface area contributed by atoms with Gasteiger partial charge in [-0.3, -0.25) is 4.79 Å².